The molecule has 0 bridgehead atoms. The molecule has 1 saturated heterocycles. The molecule has 2 aromatic heterocycles. The van der Waals surface area contributed by atoms with Gasteiger partial charge in [0.25, 0.3) is 5.91 Å². The minimum absolute atomic E-state index is 0. The topological polar surface area (TPSA) is 303 Å². The van der Waals surface area contributed by atoms with Crippen molar-refractivity contribution in [3.8, 4) is 17.2 Å². The van der Waals surface area contributed by atoms with Gasteiger partial charge in [-0.05, 0) is 18.6 Å². The molecule has 2 aliphatic carbocycles. The lowest BCUT2D eigenvalue weighted by Crippen LogP contribution is -2.54. The van der Waals surface area contributed by atoms with Crippen molar-refractivity contribution in [3.05, 3.63) is 110 Å². The van der Waals surface area contributed by atoms with Gasteiger partial charge in [-0.3, -0.25) is 19.2 Å². The second-order valence-electron chi connectivity index (χ2n) is 14.6. The van der Waals surface area contributed by atoms with Crippen LogP contribution in [0.5, 0.6) is 17.2 Å². The number of aliphatic hydroxyl groups is 2. The summed E-state index contributed by atoms with van der Waals surface area (Å²) >= 11 is 0. The van der Waals surface area contributed by atoms with Crippen molar-refractivity contribution in [1.82, 2.24) is 24.4 Å². The Morgan fingerprint density at radius 2 is 1.72 bits per heavy atom. The SMILES string of the molecule is COc1cccc2c1C(=O)c1c(O)c3c(c(O)c1C2=O)C[C@@](O)(C(=O)CO)C[C@@H]3O[C@H]1C[C@H](N)[C@H](OCc2ccccc2)[C@H](C)O1.Cl.Cn1nnc2c(C(N)=O)ncn2c1=O. The zero-order valence-electron chi connectivity index (χ0n) is 32.9. The highest BCUT2D eigenvalue weighted by molar-refractivity contribution is 6.31. The highest BCUT2D eigenvalue weighted by Gasteiger charge is 2.50. The number of aliphatic hydroxyl groups excluding tert-OH is 1. The first-order valence-electron chi connectivity index (χ1n) is 18.6. The van der Waals surface area contributed by atoms with E-state index in [4.69, 9.17) is 30.4 Å². The largest absolute Gasteiger partial charge is 0.507 e. The average molecular weight is 864 g/mol. The first-order valence-corrected chi connectivity index (χ1v) is 18.6. The molecular formula is C40H42ClN7O13. The second-order valence-corrected chi connectivity index (χ2v) is 14.6. The highest BCUT2D eigenvalue weighted by atomic mass is 35.5. The third-order valence-corrected chi connectivity index (χ3v) is 10.8. The molecule has 0 unspecified atom stereocenters. The number of aromatic hydroxyl groups is 2. The number of nitrogens with two attached hydrogens (primary N) is 2. The van der Waals surface area contributed by atoms with E-state index in [2.05, 4.69) is 15.3 Å². The summed E-state index contributed by atoms with van der Waals surface area (Å²) in [6, 6.07) is 13.4. The molecule has 0 saturated carbocycles. The monoisotopic (exact) mass is 863 g/mol. The number of hydrogen-bond donors (Lipinski definition) is 6. The molecule has 61 heavy (non-hydrogen) atoms. The van der Waals surface area contributed by atoms with Crippen LogP contribution >= 0.6 is 12.4 Å². The maximum Gasteiger partial charge on any atom is 0.352 e. The number of rotatable bonds is 9. The van der Waals surface area contributed by atoms with E-state index < -0.39 is 107 Å². The Morgan fingerprint density at radius 3 is 2.38 bits per heavy atom. The Balaban J connectivity index is 0.000000351. The molecule has 5 aromatic rings. The minimum atomic E-state index is -2.24. The van der Waals surface area contributed by atoms with Crippen LogP contribution in [-0.2, 0) is 39.1 Å². The number of ketones is 3. The van der Waals surface area contributed by atoms with Gasteiger partial charge >= 0.3 is 5.69 Å². The second kappa shape index (κ2) is 17.5. The van der Waals surface area contributed by atoms with Crippen molar-refractivity contribution in [2.24, 2.45) is 18.5 Å². The lowest BCUT2D eigenvalue weighted by Gasteiger charge is -2.43. The van der Waals surface area contributed by atoms with Crippen molar-refractivity contribution < 1.29 is 58.6 Å². The lowest BCUT2D eigenvalue weighted by atomic mass is 9.72. The van der Waals surface area contributed by atoms with Crippen LogP contribution in [0.3, 0.4) is 0 Å². The summed E-state index contributed by atoms with van der Waals surface area (Å²) in [5.41, 5.74) is 8.52. The lowest BCUT2D eigenvalue weighted by molar-refractivity contribution is -0.254. The zero-order valence-corrected chi connectivity index (χ0v) is 33.7. The van der Waals surface area contributed by atoms with E-state index >= 15 is 0 Å². The zero-order chi connectivity index (χ0) is 43.2. The van der Waals surface area contributed by atoms with Gasteiger partial charge in [-0.25, -0.2) is 14.2 Å². The van der Waals surface area contributed by atoms with Gasteiger partial charge in [-0.1, -0.05) is 47.7 Å². The maximum atomic E-state index is 13.8. The molecule has 21 heteroatoms. The van der Waals surface area contributed by atoms with Crippen LogP contribution in [0.4, 0.5) is 0 Å². The Hall–Kier alpha value is -6.13. The van der Waals surface area contributed by atoms with Gasteiger partial charge in [0.15, 0.2) is 29.2 Å². The fourth-order valence-corrected chi connectivity index (χ4v) is 7.82. The van der Waals surface area contributed by atoms with Crippen LogP contribution in [0, 0.1) is 0 Å². The van der Waals surface area contributed by atoms with Crippen LogP contribution in [0.2, 0.25) is 0 Å². The van der Waals surface area contributed by atoms with Gasteiger partial charge in [0, 0.05) is 49.0 Å². The number of carbonyl (C=O) groups excluding carboxylic acids is 4. The smallest absolute Gasteiger partial charge is 0.352 e. The number of methoxy groups -OCH3 is 1. The molecule has 322 valence electrons. The normalized spacial score (nSPS) is 22.8. The third-order valence-electron chi connectivity index (χ3n) is 10.8. The van der Waals surface area contributed by atoms with Gasteiger partial charge in [0.05, 0.1) is 48.7 Å². The predicted molar refractivity (Wildman–Crippen MR) is 213 cm³/mol. The number of aromatic nitrogens is 5. The van der Waals surface area contributed by atoms with Crippen molar-refractivity contribution >= 4 is 41.3 Å². The number of nitrogens with zero attached hydrogens (tertiary/aromatic N) is 5. The molecule has 20 nitrogen and oxygen atoms in total. The molecule has 0 radical (unpaired) electrons. The molecular weight excluding hydrogens is 822 g/mol. The molecule has 0 spiro atoms. The molecule has 6 atom stereocenters. The number of Topliss-reactive ketones (excluding diaryl/α,β-unsaturated/α-hetero) is 1. The van der Waals surface area contributed by atoms with Crippen LogP contribution in [-0.4, -0.2) is 112 Å². The molecule has 3 aliphatic rings. The number of phenolic OH excluding ortho intramolecular Hbond substituents is 2. The molecule has 8 rings (SSSR count). The van der Waals surface area contributed by atoms with Crippen LogP contribution in [0.1, 0.15) is 84.9 Å². The summed E-state index contributed by atoms with van der Waals surface area (Å²) in [5, 5.41) is 51.4. The molecule has 1 amide bonds. The van der Waals surface area contributed by atoms with Crippen LogP contribution < -0.4 is 21.9 Å². The van der Waals surface area contributed by atoms with E-state index in [1.54, 1.807) is 6.92 Å². The fourth-order valence-electron chi connectivity index (χ4n) is 7.82. The molecule has 3 heterocycles. The van der Waals surface area contributed by atoms with Gasteiger partial charge in [-0.2, -0.15) is 4.68 Å². The summed E-state index contributed by atoms with van der Waals surface area (Å²) in [6.07, 6.45) is -3.08. The molecule has 1 aliphatic heterocycles. The fraction of sp³-hybridized carbons (Fsp3) is 0.350. The number of hydrogen-bond acceptors (Lipinski definition) is 17. The standard InChI is InChI=1S/C34H35NO11.C6H6N6O2.ClH/c1-16-33(44-15-17-7-4-3-5-8-17)20(35)11-24(45-16)46-22-13-34(42,23(37)14-36)12-19-26(22)32(41)28-27(30(19)39)29(38)18-9-6-10-21(43-2)25(18)31(28)40;1-11-6(14)12-2-8-3(4(7)13)5(12)9-10-11;/h3-10,16,20,22,24,33,36,39,41-42H,11-15,35H2,1-2H3;2H,1H3,(H2,7,13);1H/t16-,20-,22-,24-,33+,34-;;/m0../s1. The molecule has 1 fully saturated rings. The van der Waals surface area contributed by atoms with Crippen molar-refractivity contribution in [3.63, 3.8) is 0 Å². The van der Waals surface area contributed by atoms with E-state index in [0.29, 0.717) is 6.61 Å². The number of ether oxygens (including phenoxy) is 4. The van der Waals surface area contributed by atoms with Gasteiger partial charge in [0.2, 0.25) is 5.78 Å². The number of carbonyl (C=O) groups is 4. The quantitative estimate of drug-likeness (QED) is 0.108. The van der Waals surface area contributed by atoms with E-state index in [9.17, 15) is 44.4 Å². The summed E-state index contributed by atoms with van der Waals surface area (Å²) < 4.78 is 25.9. The van der Waals surface area contributed by atoms with Gasteiger partial charge in [0.1, 0.15) is 35.8 Å². The number of amides is 1. The number of halogens is 1. The Morgan fingerprint density at radius 1 is 1.02 bits per heavy atom. The summed E-state index contributed by atoms with van der Waals surface area (Å²) in [4.78, 5) is 66.2. The van der Waals surface area contributed by atoms with E-state index in [1.165, 1.54) is 38.7 Å². The maximum absolute atomic E-state index is 13.8. The van der Waals surface area contributed by atoms with E-state index in [0.717, 1.165) is 14.6 Å². The number of fused-ring (bicyclic) bond motifs is 4. The van der Waals surface area contributed by atoms with Gasteiger partial charge in [-0.15, -0.1) is 17.5 Å². The highest BCUT2D eigenvalue weighted by Crippen LogP contribution is 2.52. The predicted octanol–water partition coefficient (Wildman–Crippen LogP) is 0.570. The number of benzene rings is 3. The molecule has 8 N–H and O–H groups in total. The van der Waals surface area contributed by atoms with Gasteiger partial charge < -0.3 is 50.8 Å². The first kappa shape index (κ1) is 44.4. The Bertz CT molecular complexity index is 2590. The van der Waals surface area contributed by atoms with E-state index in [1.807, 2.05) is 30.3 Å². The summed E-state index contributed by atoms with van der Waals surface area (Å²) in [7, 11) is 2.78. The minimum Gasteiger partial charge on any atom is -0.507 e. The summed E-state index contributed by atoms with van der Waals surface area (Å²) in [5.74, 6) is -4.42. The average Bonchev–Trinajstić information content (AvgIpc) is 3.67. The number of imidazole rings is 1. The van der Waals surface area contributed by atoms with E-state index in [-0.39, 0.29) is 58.2 Å². The summed E-state index contributed by atoms with van der Waals surface area (Å²) in [6.45, 7) is 1.06. The Kier molecular flexibility index (Phi) is 12.7. The molecule has 3 aromatic carbocycles. The van der Waals surface area contributed by atoms with Crippen molar-refractivity contribution in [2.75, 3.05) is 13.7 Å². The number of phenols is 2. The number of primary amides is 1. The third kappa shape index (κ3) is 7.97. The number of aryl methyl sites for hydroxylation is 1. The Labute approximate surface area is 352 Å². The van der Waals surface area contributed by atoms with Crippen molar-refractivity contribution in [1.29, 1.82) is 0 Å². The van der Waals surface area contributed by atoms with Crippen molar-refractivity contribution in [2.45, 2.75) is 69.0 Å². The van der Waals surface area contributed by atoms with Crippen LogP contribution in [0.25, 0.3) is 5.65 Å². The first-order chi connectivity index (χ1) is 28.6. The van der Waals surface area contributed by atoms with Crippen LogP contribution in [0.15, 0.2) is 59.7 Å².